The molecule has 0 aliphatic carbocycles. The highest BCUT2D eigenvalue weighted by Gasteiger charge is 2.48. The molecule has 3 rings (SSSR count). The molecule has 1 aliphatic heterocycles. The molecule has 1 saturated heterocycles. The van der Waals surface area contributed by atoms with Crippen LogP contribution in [0.1, 0.15) is 59.3 Å². The maximum Gasteiger partial charge on any atom is 0.323 e. The van der Waals surface area contributed by atoms with E-state index in [0.717, 1.165) is 12.8 Å². The van der Waals surface area contributed by atoms with Crippen LogP contribution < -0.4 is 10.8 Å². The summed E-state index contributed by atoms with van der Waals surface area (Å²) in [5, 5.41) is 16.1. The molecule has 2 aromatic heterocycles. The first kappa shape index (κ1) is 28.8. The largest absolute Gasteiger partial charge is 0.464 e. The molecule has 2 aromatic rings. The minimum Gasteiger partial charge on any atom is -0.464 e. The topological polar surface area (TPSA) is 172 Å². The van der Waals surface area contributed by atoms with Crippen LogP contribution in [0.5, 0.6) is 0 Å². The van der Waals surface area contributed by atoms with Crippen LogP contribution in [0.2, 0.25) is 0 Å². The fourth-order valence-electron chi connectivity index (χ4n) is 4.03. The van der Waals surface area contributed by atoms with Crippen LogP contribution in [0, 0.1) is 17.4 Å². The number of hydrogen-bond donors (Lipinski definition) is 2. The molecular weight excluding hydrogens is 503 g/mol. The van der Waals surface area contributed by atoms with Crippen molar-refractivity contribution in [2.75, 3.05) is 18.9 Å². The molecule has 1 fully saturated rings. The van der Waals surface area contributed by atoms with Gasteiger partial charge in [-0.2, -0.15) is 10.4 Å². The predicted octanol–water partition coefficient (Wildman–Crippen LogP) is 2.73. The summed E-state index contributed by atoms with van der Waals surface area (Å²) in [5.74, 6) is -0.971. The molecule has 1 aliphatic rings. The molecule has 0 radical (unpaired) electrons. The van der Waals surface area contributed by atoms with Crippen molar-refractivity contribution in [2.24, 2.45) is 5.92 Å². The van der Waals surface area contributed by atoms with Gasteiger partial charge in [-0.3, -0.25) is 9.36 Å². The van der Waals surface area contributed by atoms with E-state index in [1.165, 1.54) is 6.33 Å². The molecule has 5 atom stereocenters. The number of aromatic nitrogens is 3. The molecule has 37 heavy (non-hydrogen) atoms. The maximum atomic E-state index is 12.6. The third-order valence-electron chi connectivity index (χ3n) is 6.18. The Morgan fingerprint density at radius 3 is 2.73 bits per heavy atom. The number of rotatable bonds is 13. The van der Waals surface area contributed by atoms with E-state index < -0.39 is 44.3 Å². The standard InChI is InChI=1S/C23H35N6O7P/c1-6-15(7-2)10-32-22(30)14(3)28-37(31)34-11-18(33-12-24)20-19(35-23(4,5)36-20)16-8-9-17-21(25)26-13-27-29(16)17/h8-9,13-15,18-20,37H,6-7,10-11H2,1-5H3,(H,28,31)(H2,25,26,27)/t14-,18+,19-,20+/m0/s1. The number of nitrogens with zero attached hydrogens (tertiary/aromatic N) is 4. The first-order chi connectivity index (χ1) is 17.6. The van der Waals surface area contributed by atoms with Gasteiger partial charge in [0.05, 0.1) is 18.9 Å². The highest BCUT2D eigenvalue weighted by Crippen LogP contribution is 2.41. The summed E-state index contributed by atoms with van der Waals surface area (Å²) in [6, 6.07) is 2.68. The van der Waals surface area contributed by atoms with Crippen molar-refractivity contribution in [1.82, 2.24) is 19.7 Å². The SMILES string of the molecule is CCC(CC)COC(=O)[C@H](C)N[PH](=O)OC[C@@H](OC#N)[C@H]1OC(C)(C)O[C@H]1c1ccc2c(N)ncnn12. The van der Waals surface area contributed by atoms with Gasteiger partial charge in [0.15, 0.2) is 17.7 Å². The minimum atomic E-state index is -2.89. The van der Waals surface area contributed by atoms with E-state index in [4.69, 9.17) is 29.2 Å². The quantitative estimate of drug-likeness (QED) is 0.217. The van der Waals surface area contributed by atoms with Crippen LogP contribution in [-0.2, 0) is 32.8 Å². The van der Waals surface area contributed by atoms with Crippen molar-refractivity contribution >= 4 is 25.5 Å². The second kappa shape index (κ2) is 12.7. The highest BCUT2D eigenvalue weighted by atomic mass is 31.1. The summed E-state index contributed by atoms with van der Waals surface area (Å²) < 4.78 is 42.3. The Morgan fingerprint density at radius 2 is 2.05 bits per heavy atom. The number of esters is 1. The lowest BCUT2D eigenvalue weighted by atomic mass is 10.1. The van der Waals surface area contributed by atoms with Crippen molar-refractivity contribution in [2.45, 2.75) is 77.6 Å². The van der Waals surface area contributed by atoms with Crippen molar-refractivity contribution in [3.05, 3.63) is 24.2 Å². The van der Waals surface area contributed by atoms with Crippen molar-refractivity contribution in [3.8, 4) is 6.26 Å². The number of nitriles is 1. The molecule has 0 aromatic carbocycles. The average Bonchev–Trinajstić information content (AvgIpc) is 3.43. The molecule has 3 heterocycles. The number of carbonyl (C=O) groups excluding carboxylic acids is 1. The lowest BCUT2D eigenvalue weighted by Crippen LogP contribution is -2.37. The van der Waals surface area contributed by atoms with E-state index in [2.05, 4.69) is 15.2 Å². The summed E-state index contributed by atoms with van der Waals surface area (Å²) in [6.07, 6.45) is 2.26. The zero-order valence-electron chi connectivity index (χ0n) is 21.7. The Morgan fingerprint density at radius 1 is 1.32 bits per heavy atom. The van der Waals surface area contributed by atoms with E-state index in [1.54, 1.807) is 43.7 Å². The summed E-state index contributed by atoms with van der Waals surface area (Å²) in [4.78, 5) is 16.2. The smallest absolute Gasteiger partial charge is 0.323 e. The summed E-state index contributed by atoms with van der Waals surface area (Å²) in [5.41, 5.74) is 7.13. The third-order valence-corrected chi connectivity index (χ3v) is 7.28. The number of nitrogen functional groups attached to an aromatic ring is 1. The molecule has 0 saturated carbocycles. The number of fused-ring (bicyclic) bond motifs is 1. The van der Waals surface area contributed by atoms with Gasteiger partial charge >= 0.3 is 5.97 Å². The van der Waals surface area contributed by atoms with Gasteiger partial charge in [0.25, 0.3) is 14.4 Å². The van der Waals surface area contributed by atoms with Crippen LogP contribution in [0.3, 0.4) is 0 Å². The summed E-state index contributed by atoms with van der Waals surface area (Å²) >= 11 is 0. The predicted molar refractivity (Wildman–Crippen MR) is 133 cm³/mol. The number of nitrogens with one attached hydrogen (secondary N) is 1. The van der Waals surface area contributed by atoms with Gasteiger partial charge in [-0.1, -0.05) is 26.7 Å². The molecule has 0 amide bonds. The van der Waals surface area contributed by atoms with E-state index in [9.17, 15) is 14.6 Å². The van der Waals surface area contributed by atoms with Gasteiger partial charge < -0.3 is 29.2 Å². The molecule has 0 spiro atoms. The van der Waals surface area contributed by atoms with Gasteiger partial charge in [0.2, 0.25) is 0 Å². The van der Waals surface area contributed by atoms with Gasteiger partial charge in [-0.05, 0) is 38.8 Å². The minimum absolute atomic E-state index is 0.269. The molecular formula is C23H35N6O7P. The summed E-state index contributed by atoms with van der Waals surface area (Å²) in [7, 11) is -2.89. The van der Waals surface area contributed by atoms with Crippen molar-refractivity contribution in [1.29, 1.82) is 5.26 Å². The number of ether oxygens (including phenoxy) is 4. The van der Waals surface area contributed by atoms with Crippen LogP contribution in [0.25, 0.3) is 5.52 Å². The average molecular weight is 539 g/mol. The van der Waals surface area contributed by atoms with Crippen LogP contribution >= 0.6 is 8.18 Å². The first-order valence-corrected chi connectivity index (χ1v) is 13.5. The second-order valence-corrected chi connectivity index (χ2v) is 10.4. The number of hydrogen-bond acceptors (Lipinski definition) is 11. The van der Waals surface area contributed by atoms with Crippen LogP contribution in [0.15, 0.2) is 18.5 Å². The molecule has 1 unspecified atom stereocenters. The van der Waals surface area contributed by atoms with Gasteiger partial charge in [-0.25, -0.2) is 14.6 Å². The zero-order chi connectivity index (χ0) is 27.2. The summed E-state index contributed by atoms with van der Waals surface area (Å²) in [6.45, 7) is 9.09. The lowest BCUT2D eigenvalue weighted by Gasteiger charge is -2.24. The molecule has 204 valence electrons. The van der Waals surface area contributed by atoms with Gasteiger partial charge in [0, 0.05) is 0 Å². The van der Waals surface area contributed by atoms with E-state index in [-0.39, 0.29) is 12.5 Å². The molecule has 3 N–H and O–H groups in total. The fraction of sp³-hybridized carbons (Fsp3) is 0.652. The Kier molecular flexibility index (Phi) is 9.87. The Hall–Kier alpha value is -2.75. The number of nitrogens with two attached hydrogens (primary N) is 1. The van der Waals surface area contributed by atoms with E-state index in [0.29, 0.717) is 23.6 Å². The highest BCUT2D eigenvalue weighted by molar-refractivity contribution is 7.36. The van der Waals surface area contributed by atoms with Gasteiger partial charge in [0.1, 0.15) is 30.1 Å². The normalized spacial score (nSPS) is 21.4. The Bertz CT molecular complexity index is 1130. The van der Waals surface area contributed by atoms with Crippen molar-refractivity contribution < 1.29 is 32.8 Å². The van der Waals surface area contributed by atoms with Gasteiger partial charge in [-0.15, -0.1) is 0 Å². The molecule has 13 nitrogen and oxygen atoms in total. The number of carbonyl (C=O) groups is 1. The second-order valence-electron chi connectivity index (χ2n) is 9.25. The van der Waals surface area contributed by atoms with Crippen molar-refractivity contribution in [3.63, 3.8) is 0 Å². The molecule has 14 heteroatoms. The van der Waals surface area contributed by atoms with Crippen LogP contribution in [-0.4, -0.2) is 57.8 Å². The fourth-order valence-corrected chi connectivity index (χ4v) is 4.90. The first-order valence-electron chi connectivity index (χ1n) is 12.2. The Labute approximate surface area is 216 Å². The maximum absolute atomic E-state index is 12.6. The van der Waals surface area contributed by atoms with Crippen LogP contribution in [0.4, 0.5) is 5.82 Å². The monoisotopic (exact) mass is 538 g/mol. The molecule has 0 bridgehead atoms. The Balaban J connectivity index is 1.67. The zero-order valence-corrected chi connectivity index (χ0v) is 22.7. The van der Waals surface area contributed by atoms with E-state index >= 15 is 0 Å². The third kappa shape index (κ3) is 7.18. The number of anilines is 1. The lowest BCUT2D eigenvalue weighted by molar-refractivity contribution is -0.157. The van der Waals surface area contributed by atoms with E-state index in [1.807, 2.05) is 13.8 Å².